The summed E-state index contributed by atoms with van der Waals surface area (Å²) in [4.78, 5) is 33.5. The van der Waals surface area contributed by atoms with Crippen LogP contribution in [-0.4, -0.2) is 64.2 Å². The molecular formula is C22H25N5O2. The minimum absolute atomic E-state index is 0.0636. The van der Waals surface area contributed by atoms with Gasteiger partial charge in [0.25, 0.3) is 11.8 Å². The molecule has 4 rings (SSSR count). The highest BCUT2D eigenvalue weighted by atomic mass is 16.2. The summed E-state index contributed by atoms with van der Waals surface area (Å²) < 4.78 is 1.83. The van der Waals surface area contributed by atoms with Gasteiger partial charge in [-0.1, -0.05) is 12.1 Å². The first-order valence-corrected chi connectivity index (χ1v) is 9.80. The van der Waals surface area contributed by atoms with Gasteiger partial charge in [0.1, 0.15) is 11.3 Å². The molecule has 1 aromatic carbocycles. The number of imidazole rings is 1. The van der Waals surface area contributed by atoms with Crippen LogP contribution in [-0.2, 0) is 6.54 Å². The Morgan fingerprint density at radius 2 is 1.79 bits per heavy atom. The molecule has 1 aliphatic heterocycles. The number of nitrogens with one attached hydrogen (secondary N) is 1. The molecule has 1 fully saturated rings. The van der Waals surface area contributed by atoms with Crippen molar-refractivity contribution in [2.75, 3.05) is 33.2 Å². The molecule has 0 saturated carbocycles. The quantitative estimate of drug-likeness (QED) is 0.738. The molecule has 1 aliphatic rings. The number of carbonyl (C=O) groups excluding carboxylic acids is 2. The lowest BCUT2D eigenvalue weighted by atomic mass is 10.1. The first-order chi connectivity index (χ1) is 14.0. The summed E-state index contributed by atoms with van der Waals surface area (Å²) in [6.07, 6.45) is 3.62. The van der Waals surface area contributed by atoms with Gasteiger partial charge in [0.2, 0.25) is 0 Å². The van der Waals surface area contributed by atoms with E-state index in [1.54, 1.807) is 6.20 Å². The van der Waals surface area contributed by atoms with E-state index in [1.807, 2.05) is 58.8 Å². The van der Waals surface area contributed by atoms with E-state index in [0.717, 1.165) is 43.0 Å². The summed E-state index contributed by atoms with van der Waals surface area (Å²) in [7, 11) is 2.07. The van der Waals surface area contributed by atoms with Crippen molar-refractivity contribution in [2.24, 2.45) is 0 Å². The van der Waals surface area contributed by atoms with Gasteiger partial charge >= 0.3 is 0 Å². The van der Waals surface area contributed by atoms with Crippen LogP contribution in [0.4, 0.5) is 0 Å². The number of aromatic nitrogens is 2. The number of amides is 2. The molecule has 29 heavy (non-hydrogen) atoms. The molecule has 0 spiro atoms. The molecule has 2 amide bonds. The van der Waals surface area contributed by atoms with E-state index in [1.165, 1.54) is 0 Å². The molecule has 0 atom stereocenters. The van der Waals surface area contributed by atoms with Crippen molar-refractivity contribution in [3.05, 3.63) is 71.2 Å². The second-order valence-electron chi connectivity index (χ2n) is 7.57. The fourth-order valence-corrected chi connectivity index (χ4v) is 3.42. The minimum atomic E-state index is -0.219. The molecule has 1 N–H and O–H groups in total. The fraction of sp³-hybridized carbons (Fsp3) is 0.318. The number of carbonyl (C=O) groups is 2. The lowest BCUT2D eigenvalue weighted by molar-refractivity contribution is 0.0664. The molecule has 0 unspecified atom stereocenters. The van der Waals surface area contributed by atoms with E-state index in [4.69, 9.17) is 0 Å². The zero-order valence-corrected chi connectivity index (χ0v) is 16.8. The second kappa shape index (κ2) is 8.05. The molecule has 7 nitrogen and oxygen atoms in total. The van der Waals surface area contributed by atoms with Crippen molar-refractivity contribution in [3.63, 3.8) is 0 Å². The topological polar surface area (TPSA) is 70.0 Å². The Balaban J connectivity index is 1.36. The Bertz CT molecular complexity index is 1030. The molecule has 150 valence electrons. The van der Waals surface area contributed by atoms with Crippen molar-refractivity contribution in [3.8, 4) is 0 Å². The normalized spacial score (nSPS) is 14.9. The molecule has 3 aromatic rings. The molecular weight excluding hydrogens is 366 g/mol. The van der Waals surface area contributed by atoms with Crippen LogP contribution in [0.3, 0.4) is 0 Å². The first kappa shape index (κ1) is 19.1. The largest absolute Gasteiger partial charge is 0.347 e. The third-order valence-corrected chi connectivity index (χ3v) is 5.29. The van der Waals surface area contributed by atoms with Gasteiger partial charge in [-0.25, -0.2) is 4.98 Å². The Hall–Kier alpha value is -3.19. The number of hydrogen-bond donors (Lipinski definition) is 1. The number of hydrogen-bond acceptors (Lipinski definition) is 4. The lowest BCUT2D eigenvalue weighted by Gasteiger charge is -2.32. The van der Waals surface area contributed by atoms with Crippen LogP contribution in [0, 0.1) is 6.92 Å². The smallest absolute Gasteiger partial charge is 0.271 e. The van der Waals surface area contributed by atoms with Gasteiger partial charge in [0.15, 0.2) is 0 Å². The van der Waals surface area contributed by atoms with Gasteiger partial charge in [-0.2, -0.15) is 0 Å². The van der Waals surface area contributed by atoms with Gasteiger partial charge in [0.05, 0.1) is 0 Å². The Morgan fingerprint density at radius 1 is 1.07 bits per heavy atom. The van der Waals surface area contributed by atoms with E-state index >= 15 is 0 Å². The number of fused-ring (bicyclic) bond motifs is 1. The van der Waals surface area contributed by atoms with E-state index in [-0.39, 0.29) is 11.8 Å². The highest BCUT2D eigenvalue weighted by Gasteiger charge is 2.20. The number of rotatable bonds is 4. The predicted octanol–water partition coefficient (Wildman–Crippen LogP) is 1.96. The van der Waals surface area contributed by atoms with Gasteiger partial charge < -0.3 is 19.5 Å². The second-order valence-corrected chi connectivity index (χ2v) is 7.57. The molecule has 7 heteroatoms. The van der Waals surface area contributed by atoms with E-state index in [9.17, 15) is 9.59 Å². The van der Waals surface area contributed by atoms with Crippen LogP contribution >= 0.6 is 0 Å². The summed E-state index contributed by atoms with van der Waals surface area (Å²) in [6.45, 7) is 5.69. The molecule has 0 radical (unpaired) electrons. The van der Waals surface area contributed by atoms with E-state index in [2.05, 4.69) is 22.2 Å². The zero-order valence-electron chi connectivity index (χ0n) is 16.8. The maximum absolute atomic E-state index is 12.6. The monoisotopic (exact) mass is 391 g/mol. The van der Waals surface area contributed by atoms with Gasteiger partial charge in [-0.15, -0.1) is 0 Å². The summed E-state index contributed by atoms with van der Waals surface area (Å²) in [6, 6.07) is 11.3. The number of likely N-dealkylation sites (N-methyl/N-ethyl adjacent to an activating group) is 1. The van der Waals surface area contributed by atoms with Crippen LogP contribution in [0.25, 0.3) is 5.65 Å². The van der Waals surface area contributed by atoms with Crippen LogP contribution in [0.15, 0.2) is 48.8 Å². The SMILES string of the molecule is Cc1ccn2cc(C(=O)NCc3ccc(C(=O)N4CCN(C)CC4)cc3)nc2c1. The van der Waals surface area contributed by atoms with Gasteiger partial charge in [-0.05, 0) is 49.4 Å². The molecule has 2 aromatic heterocycles. The first-order valence-electron chi connectivity index (χ1n) is 9.80. The van der Waals surface area contributed by atoms with Gasteiger partial charge in [-0.3, -0.25) is 9.59 Å². The van der Waals surface area contributed by atoms with Crippen LogP contribution < -0.4 is 5.32 Å². The molecule has 3 heterocycles. The zero-order chi connectivity index (χ0) is 20.4. The van der Waals surface area contributed by atoms with Gasteiger partial charge in [0, 0.05) is 50.7 Å². The van der Waals surface area contributed by atoms with E-state index < -0.39 is 0 Å². The van der Waals surface area contributed by atoms with Crippen molar-refractivity contribution < 1.29 is 9.59 Å². The predicted molar refractivity (Wildman–Crippen MR) is 111 cm³/mol. The molecule has 0 bridgehead atoms. The number of benzene rings is 1. The third-order valence-electron chi connectivity index (χ3n) is 5.29. The summed E-state index contributed by atoms with van der Waals surface area (Å²) in [5.41, 5.74) is 3.86. The van der Waals surface area contributed by atoms with Crippen LogP contribution in [0.5, 0.6) is 0 Å². The average Bonchev–Trinajstić information content (AvgIpc) is 3.16. The maximum Gasteiger partial charge on any atom is 0.271 e. The number of aryl methyl sites for hydroxylation is 1. The van der Waals surface area contributed by atoms with Crippen molar-refractivity contribution >= 4 is 17.5 Å². The van der Waals surface area contributed by atoms with E-state index in [0.29, 0.717) is 17.8 Å². The van der Waals surface area contributed by atoms with Crippen molar-refractivity contribution in [1.29, 1.82) is 0 Å². The highest BCUT2D eigenvalue weighted by Crippen LogP contribution is 2.11. The van der Waals surface area contributed by atoms with Crippen LogP contribution in [0.2, 0.25) is 0 Å². The lowest BCUT2D eigenvalue weighted by Crippen LogP contribution is -2.47. The standard InChI is InChI=1S/C22H25N5O2/c1-16-7-8-27-15-19(24-20(27)13-16)21(28)23-14-17-3-5-18(6-4-17)22(29)26-11-9-25(2)10-12-26/h3-8,13,15H,9-12,14H2,1-2H3,(H,23,28). The van der Waals surface area contributed by atoms with Crippen LogP contribution in [0.1, 0.15) is 32.0 Å². The summed E-state index contributed by atoms with van der Waals surface area (Å²) in [5.74, 6) is -0.155. The fourth-order valence-electron chi connectivity index (χ4n) is 3.42. The minimum Gasteiger partial charge on any atom is -0.347 e. The number of piperazine rings is 1. The Morgan fingerprint density at radius 3 is 2.52 bits per heavy atom. The highest BCUT2D eigenvalue weighted by molar-refractivity contribution is 5.94. The average molecular weight is 391 g/mol. The Labute approximate surface area is 169 Å². The summed E-state index contributed by atoms with van der Waals surface area (Å²) >= 11 is 0. The van der Waals surface area contributed by atoms with Crippen molar-refractivity contribution in [2.45, 2.75) is 13.5 Å². The summed E-state index contributed by atoms with van der Waals surface area (Å²) in [5, 5.41) is 2.89. The van der Waals surface area contributed by atoms with Crippen molar-refractivity contribution in [1.82, 2.24) is 24.5 Å². The maximum atomic E-state index is 12.6. The third kappa shape index (κ3) is 4.30. The number of nitrogens with zero attached hydrogens (tertiary/aromatic N) is 4. The molecule has 1 saturated heterocycles. The molecule has 0 aliphatic carbocycles. The number of pyridine rings is 1. The Kier molecular flexibility index (Phi) is 5.31.